The maximum absolute atomic E-state index is 11.1. The molecule has 0 saturated carbocycles. The summed E-state index contributed by atoms with van der Waals surface area (Å²) in [6.45, 7) is 4.98. The van der Waals surface area contributed by atoms with Gasteiger partial charge in [-0.1, -0.05) is 12.1 Å². The van der Waals surface area contributed by atoms with E-state index in [-0.39, 0.29) is 12.1 Å². The topological polar surface area (TPSA) is 71.0 Å². The van der Waals surface area contributed by atoms with Gasteiger partial charge in [0.25, 0.3) is 0 Å². The number of carboxylic acid groups (broad SMARTS) is 1. The molecular weight excluding hydrogens is 344 g/mol. The summed E-state index contributed by atoms with van der Waals surface area (Å²) in [4.78, 5) is 13.3. The van der Waals surface area contributed by atoms with E-state index >= 15 is 0 Å². The van der Waals surface area contributed by atoms with Crippen LogP contribution < -0.4 is 15.0 Å². The van der Waals surface area contributed by atoms with Gasteiger partial charge in [0.2, 0.25) is 0 Å². The van der Waals surface area contributed by atoms with Gasteiger partial charge in [-0.3, -0.25) is 0 Å². The summed E-state index contributed by atoms with van der Waals surface area (Å²) >= 11 is 0. The minimum Gasteiger partial charge on any atom is -0.497 e. The largest absolute Gasteiger partial charge is 0.497 e. The van der Waals surface area contributed by atoms with Gasteiger partial charge in [0, 0.05) is 24.8 Å². The molecule has 0 amide bonds. The first-order valence-corrected chi connectivity index (χ1v) is 9.13. The van der Waals surface area contributed by atoms with E-state index in [4.69, 9.17) is 14.6 Å². The average Bonchev–Trinajstić information content (AvgIpc) is 2.72. The number of nitrogens with zero attached hydrogens (tertiary/aromatic N) is 1. The first-order chi connectivity index (χ1) is 13.1. The van der Waals surface area contributed by atoms with Gasteiger partial charge in [-0.05, 0) is 48.9 Å². The summed E-state index contributed by atoms with van der Waals surface area (Å²) < 4.78 is 11.0. The third-order valence-corrected chi connectivity index (χ3v) is 4.93. The van der Waals surface area contributed by atoms with Gasteiger partial charge in [-0.2, -0.15) is 0 Å². The van der Waals surface area contributed by atoms with E-state index < -0.39 is 5.97 Å². The maximum Gasteiger partial charge on any atom is 0.335 e. The molecule has 0 aromatic heterocycles. The lowest BCUT2D eigenvalue weighted by Crippen LogP contribution is -2.50. The third-order valence-electron chi connectivity index (χ3n) is 4.93. The van der Waals surface area contributed by atoms with Gasteiger partial charge in [0.15, 0.2) is 0 Å². The Balaban J connectivity index is 1.65. The molecule has 2 N–H and O–H groups in total. The molecule has 0 aliphatic carbocycles. The monoisotopic (exact) mass is 370 g/mol. The summed E-state index contributed by atoms with van der Waals surface area (Å²) in [5.41, 5.74) is 2.49. The predicted molar refractivity (Wildman–Crippen MR) is 105 cm³/mol. The standard InChI is InChI=1S/C21H26N2O4/c1-15(17-4-3-5-20(12-17)26-2)22-13-19-14-27-11-10-23(19)18-8-6-16(7-9-18)21(24)25/h3-9,12,15,19,22H,10-11,13-14H2,1-2H3,(H,24,25)/t15-,19?/m1/s1. The van der Waals surface area contributed by atoms with Gasteiger partial charge < -0.3 is 24.8 Å². The van der Waals surface area contributed by atoms with Crippen molar-refractivity contribution < 1.29 is 19.4 Å². The van der Waals surface area contributed by atoms with Gasteiger partial charge in [0.1, 0.15) is 5.75 Å². The molecule has 2 aromatic rings. The molecule has 1 heterocycles. The SMILES string of the molecule is COc1cccc([C@@H](C)NCC2COCCN2c2ccc(C(=O)O)cc2)c1. The van der Waals surface area contributed by atoms with E-state index in [1.54, 1.807) is 19.2 Å². The van der Waals surface area contributed by atoms with Crippen LogP contribution in [0.25, 0.3) is 0 Å². The zero-order chi connectivity index (χ0) is 19.2. The number of carboxylic acids is 1. The summed E-state index contributed by atoms with van der Waals surface area (Å²) in [7, 11) is 1.67. The van der Waals surface area contributed by atoms with E-state index in [0.29, 0.717) is 18.8 Å². The smallest absolute Gasteiger partial charge is 0.335 e. The fourth-order valence-electron chi connectivity index (χ4n) is 3.30. The molecule has 1 unspecified atom stereocenters. The predicted octanol–water partition coefficient (Wildman–Crippen LogP) is 2.95. The zero-order valence-electron chi connectivity index (χ0n) is 15.7. The fraction of sp³-hybridized carbons (Fsp3) is 0.381. The Kier molecular flexibility index (Phi) is 6.32. The van der Waals surface area contributed by atoms with Crippen molar-refractivity contribution >= 4 is 11.7 Å². The van der Waals surface area contributed by atoms with Crippen LogP contribution in [-0.2, 0) is 4.74 Å². The molecule has 1 aliphatic rings. The van der Waals surface area contributed by atoms with Crippen molar-refractivity contribution in [3.05, 3.63) is 59.7 Å². The highest BCUT2D eigenvalue weighted by atomic mass is 16.5. The molecule has 1 saturated heterocycles. The quantitative estimate of drug-likeness (QED) is 0.781. The number of anilines is 1. The number of nitrogens with one attached hydrogen (secondary N) is 1. The number of rotatable bonds is 7. The molecule has 3 rings (SSSR count). The molecule has 1 aliphatic heterocycles. The van der Waals surface area contributed by atoms with Crippen LogP contribution in [0.15, 0.2) is 48.5 Å². The van der Waals surface area contributed by atoms with Crippen LogP contribution in [0.5, 0.6) is 5.75 Å². The van der Waals surface area contributed by atoms with Crippen LogP contribution >= 0.6 is 0 Å². The molecule has 2 aromatic carbocycles. The fourth-order valence-corrected chi connectivity index (χ4v) is 3.30. The Hall–Kier alpha value is -2.57. The molecule has 0 radical (unpaired) electrons. The van der Waals surface area contributed by atoms with Gasteiger partial charge in [0.05, 0.1) is 31.9 Å². The van der Waals surface area contributed by atoms with Crippen LogP contribution in [0.1, 0.15) is 28.9 Å². The van der Waals surface area contributed by atoms with Crippen LogP contribution in [-0.4, -0.2) is 50.5 Å². The lowest BCUT2D eigenvalue weighted by atomic mass is 10.1. The molecule has 6 heteroatoms. The van der Waals surface area contributed by atoms with Crippen molar-refractivity contribution in [3.8, 4) is 5.75 Å². The Morgan fingerprint density at radius 1 is 1.33 bits per heavy atom. The Bertz CT molecular complexity index is 763. The first-order valence-electron chi connectivity index (χ1n) is 9.13. The van der Waals surface area contributed by atoms with Crippen molar-refractivity contribution in [2.45, 2.75) is 19.0 Å². The van der Waals surface area contributed by atoms with E-state index in [1.165, 1.54) is 5.56 Å². The molecule has 0 spiro atoms. The van der Waals surface area contributed by atoms with Gasteiger partial charge in [-0.25, -0.2) is 4.79 Å². The van der Waals surface area contributed by atoms with Gasteiger partial charge >= 0.3 is 5.97 Å². The van der Waals surface area contributed by atoms with Crippen molar-refractivity contribution in [3.63, 3.8) is 0 Å². The zero-order valence-corrected chi connectivity index (χ0v) is 15.7. The number of methoxy groups -OCH3 is 1. The molecule has 6 nitrogen and oxygen atoms in total. The second-order valence-electron chi connectivity index (χ2n) is 6.68. The highest BCUT2D eigenvalue weighted by Gasteiger charge is 2.24. The summed E-state index contributed by atoms with van der Waals surface area (Å²) in [5.74, 6) is -0.0591. The summed E-state index contributed by atoms with van der Waals surface area (Å²) in [5, 5.41) is 12.7. The second kappa shape index (κ2) is 8.88. The number of morpholine rings is 1. The van der Waals surface area contributed by atoms with Crippen molar-refractivity contribution in [1.82, 2.24) is 5.32 Å². The second-order valence-corrected chi connectivity index (χ2v) is 6.68. The Morgan fingerprint density at radius 2 is 2.11 bits per heavy atom. The number of hydrogen-bond donors (Lipinski definition) is 2. The highest BCUT2D eigenvalue weighted by molar-refractivity contribution is 5.88. The number of ether oxygens (including phenoxy) is 2. The summed E-state index contributed by atoms with van der Waals surface area (Å²) in [6, 6.07) is 15.5. The lowest BCUT2D eigenvalue weighted by Gasteiger charge is -2.38. The van der Waals surface area contributed by atoms with E-state index in [9.17, 15) is 4.79 Å². The van der Waals surface area contributed by atoms with Crippen LogP contribution in [0, 0.1) is 0 Å². The molecule has 0 bridgehead atoms. The minimum atomic E-state index is -0.908. The molecule has 1 fully saturated rings. The van der Waals surface area contributed by atoms with Crippen molar-refractivity contribution in [2.75, 3.05) is 38.3 Å². The number of aromatic carboxylic acids is 1. The molecule has 144 valence electrons. The van der Waals surface area contributed by atoms with E-state index in [1.807, 2.05) is 30.3 Å². The summed E-state index contributed by atoms with van der Waals surface area (Å²) in [6.07, 6.45) is 0. The number of carbonyl (C=O) groups is 1. The average molecular weight is 370 g/mol. The van der Waals surface area contributed by atoms with Crippen molar-refractivity contribution in [1.29, 1.82) is 0 Å². The maximum atomic E-state index is 11.1. The first kappa shape index (κ1) is 19.2. The normalized spacial score (nSPS) is 18.1. The van der Waals surface area contributed by atoms with Gasteiger partial charge in [-0.15, -0.1) is 0 Å². The van der Waals surface area contributed by atoms with Crippen molar-refractivity contribution in [2.24, 2.45) is 0 Å². The third kappa shape index (κ3) is 4.78. The van der Waals surface area contributed by atoms with E-state index in [2.05, 4.69) is 23.2 Å². The number of benzene rings is 2. The van der Waals surface area contributed by atoms with Crippen LogP contribution in [0.2, 0.25) is 0 Å². The van der Waals surface area contributed by atoms with Crippen LogP contribution in [0.3, 0.4) is 0 Å². The molecule has 2 atom stereocenters. The van der Waals surface area contributed by atoms with E-state index in [0.717, 1.165) is 24.5 Å². The molecular formula is C21H26N2O4. The lowest BCUT2D eigenvalue weighted by molar-refractivity contribution is 0.0696. The highest BCUT2D eigenvalue weighted by Crippen LogP contribution is 2.22. The molecule has 27 heavy (non-hydrogen) atoms. The number of hydrogen-bond acceptors (Lipinski definition) is 5. The minimum absolute atomic E-state index is 0.179. The Labute approximate surface area is 159 Å². The Morgan fingerprint density at radius 3 is 2.81 bits per heavy atom. The van der Waals surface area contributed by atoms with Crippen LogP contribution in [0.4, 0.5) is 5.69 Å².